The molecule has 1 aliphatic heterocycles. The molecule has 2 heterocycles. The first-order valence-corrected chi connectivity index (χ1v) is 5.90. The summed E-state index contributed by atoms with van der Waals surface area (Å²) in [6.45, 7) is 3.53. The third kappa shape index (κ3) is 2.58. The van der Waals surface area contributed by atoms with Gasteiger partial charge in [0.25, 0.3) is 0 Å². The maximum absolute atomic E-state index is 4.29. The van der Waals surface area contributed by atoms with Crippen LogP contribution in [0.15, 0.2) is 16.9 Å². The summed E-state index contributed by atoms with van der Waals surface area (Å²) in [5.74, 6) is 0.804. The lowest BCUT2D eigenvalue weighted by Gasteiger charge is -2.28. The van der Waals surface area contributed by atoms with Crippen molar-refractivity contribution in [2.45, 2.75) is 19.4 Å². The molecule has 0 atom stereocenters. The molecule has 0 radical (unpaired) electrons. The number of rotatable bonds is 2. The van der Waals surface area contributed by atoms with E-state index in [9.17, 15) is 0 Å². The quantitative estimate of drug-likeness (QED) is 0.808. The topological polar surface area (TPSA) is 21.1 Å². The van der Waals surface area contributed by atoms with Crippen molar-refractivity contribution in [2.75, 3.05) is 20.1 Å². The zero-order chi connectivity index (χ0) is 9.97. The SMILES string of the molecule is CN1CCC(Cn2cc(Br)cn2)CC1. The van der Waals surface area contributed by atoms with E-state index in [4.69, 9.17) is 0 Å². The Labute approximate surface area is 93.2 Å². The Bertz CT molecular complexity index is 289. The Morgan fingerprint density at radius 2 is 2.21 bits per heavy atom. The molecule has 0 saturated carbocycles. The van der Waals surface area contributed by atoms with Gasteiger partial charge in [-0.05, 0) is 54.8 Å². The largest absolute Gasteiger partial charge is 0.306 e. The first-order chi connectivity index (χ1) is 6.74. The van der Waals surface area contributed by atoms with E-state index < -0.39 is 0 Å². The molecule has 1 fully saturated rings. The van der Waals surface area contributed by atoms with Gasteiger partial charge in [0, 0.05) is 12.7 Å². The highest BCUT2D eigenvalue weighted by Crippen LogP contribution is 2.18. The van der Waals surface area contributed by atoms with Crippen LogP contribution in [0, 0.1) is 5.92 Å². The number of piperidine rings is 1. The van der Waals surface area contributed by atoms with Gasteiger partial charge in [0.1, 0.15) is 0 Å². The lowest BCUT2D eigenvalue weighted by molar-refractivity contribution is 0.201. The molecule has 2 rings (SSSR count). The van der Waals surface area contributed by atoms with Gasteiger partial charge in [0.2, 0.25) is 0 Å². The molecule has 14 heavy (non-hydrogen) atoms. The van der Waals surface area contributed by atoms with Crippen LogP contribution in [0.3, 0.4) is 0 Å². The molecule has 1 saturated heterocycles. The van der Waals surface area contributed by atoms with Crippen LogP contribution in [-0.4, -0.2) is 34.8 Å². The minimum atomic E-state index is 0.804. The average molecular weight is 258 g/mol. The Hall–Kier alpha value is -0.350. The molecule has 1 aromatic rings. The van der Waals surface area contributed by atoms with E-state index >= 15 is 0 Å². The normalized spacial score (nSPS) is 20.1. The maximum Gasteiger partial charge on any atom is 0.0632 e. The summed E-state index contributed by atoms with van der Waals surface area (Å²) < 4.78 is 3.12. The number of hydrogen-bond acceptors (Lipinski definition) is 2. The van der Waals surface area contributed by atoms with Gasteiger partial charge >= 0.3 is 0 Å². The number of aromatic nitrogens is 2. The van der Waals surface area contributed by atoms with Gasteiger partial charge < -0.3 is 4.90 Å². The fraction of sp³-hybridized carbons (Fsp3) is 0.700. The van der Waals surface area contributed by atoms with Gasteiger partial charge in [-0.3, -0.25) is 4.68 Å². The summed E-state index contributed by atoms with van der Waals surface area (Å²) in [7, 11) is 2.20. The Morgan fingerprint density at radius 3 is 2.79 bits per heavy atom. The van der Waals surface area contributed by atoms with Crippen LogP contribution in [0.4, 0.5) is 0 Å². The first kappa shape index (κ1) is 10.2. The Morgan fingerprint density at radius 1 is 1.50 bits per heavy atom. The molecule has 0 unspecified atom stereocenters. The second kappa shape index (κ2) is 4.45. The number of likely N-dealkylation sites (tertiary alicyclic amines) is 1. The van der Waals surface area contributed by atoms with Crippen LogP contribution in [0.25, 0.3) is 0 Å². The number of hydrogen-bond donors (Lipinski definition) is 0. The van der Waals surface area contributed by atoms with E-state index in [2.05, 4.69) is 39.2 Å². The molecule has 3 nitrogen and oxygen atoms in total. The highest BCUT2D eigenvalue weighted by molar-refractivity contribution is 9.10. The van der Waals surface area contributed by atoms with E-state index in [1.54, 1.807) is 0 Å². The van der Waals surface area contributed by atoms with Crippen LogP contribution >= 0.6 is 15.9 Å². The van der Waals surface area contributed by atoms with E-state index in [0.29, 0.717) is 0 Å². The zero-order valence-electron chi connectivity index (χ0n) is 8.49. The van der Waals surface area contributed by atoms with Crippen LogP contribution in [-0.2, 0) is 6.54 Å². The van der Waals surface area contributed by atoms with E-state index in [-0.39, 0.29) is 0 Å². The fourth-order valence-electron chi connectivity index (χ4n) is 1.95. The van der Waals surface area contributed by atoms with Crippen molar-refractivity contribution in [3.05, 3.63) is 16.9 Å². The molecule has 1 aliphatic rings. The lowest BCUT2D eigenvalue weighted by Crippen LogP contribution is -2.31. The minimum absolute atomic E-state index is 0.804. The fourth-order valence-corrected chi connectivity index (χ4v) is 2.28. The van der Waals surface area contributed by atoms with E-state index in [1.807, 2.05) is 10.9 Å². The smallest absolute Gasteiger partial charge is 0.0632 e. The zero-order valence-corrected chi connectivity index (χ0v) is 10.1. The summed E-state index contributed by atoms with van der Waals surface area (Å²) in [4.78, 5) is 2.40. The number of halogens is 1. The molecular weight excluding hydrogens is 242 g/mol. The molecule has 4 heteroatoms. The van der Waals surface area contributed by atoms with Gasteiger partial charge in [-0.1, -0.05) is 0 Å². The van der Waals surface area contributed by atoms with Crippen LogP contribution in [0.2, 0.25) is 0 Å². The molecule has 0 spiro atoms. The van der Waals surface area contributed by atoms with Crippen molar-refractivity contribution in [1.82, 2.24) is 14.7 Å². The van der Waals surface area contributed by atoms with Gasteiger partial charge in [-0.15, -0.1) is 0 Å². The average Bonchev–Trinajstić information content (AvgIpc) is 2.56. The maximum atomic E-state index is 4.29. The molecule has 0 aliphatic carbocycles. The third-order valence-corrected chi connectivity index (χ3v) is 3.29. The second-order valence-electron chi connectivity index (χ2n) is 4.13. The van der Waals surface area contributed by atoms with Gasteiger partial charge in [-0.25, -0.2) is 0 Å². The Balaban J connectivity index is 1.86. The van der Waals surface area contributed by atoms with E-state index in [0.717, 1.165) is 16.9 Å². The van der Waals surface area contributed by atoms with Crippen LogP contribution < -0.4 is 0 Å². The van der Waals surface area contributed by atoms with Crippen molar-refractivity contribution in [1.29, 1.82) is 0 Å². The van der Waals surface area contributed by atoms with Crippen molar-refractivity contribution in [3.63, 3.8) is 0 Å². The van der Waals surface area contributed by atoms with Crippen molar-refractivity contribution < 1.29 is 0 Å². The molecule has 0 bridgehead atoms. The Kier molecular flexibility index (Phi) is 3.23. The third-order valence-electron chi connectivity index (χ3n) is 2.89. The van der Waals surface area contributed by atoms with E-state index in [1.165, 1.54) is 25.9 Å². The summed E-state index contributed by atoms with van der Waals surface area (Å²) in [6, 6.07) is 0. The van der Waals surface area contributed by atoms with Gasteiger partial charge in [-0.2, -0.15) is 5.10 Å². The highest BCUT2D eigenvalue weighted by Gasteiger charge is 2.16. The van der Waals surface area contributed by atoms with Crippen molar-refractivity contribution >= 4 is 15.9 Å². The lowest BCUT2D eigenvalue weighted by atomic mass is 9.97. The molecule has 0 N–H and O–H groups in total. The summed E-state index contributed by atoms with van der Waals surface area (Å²) in [5.41, 5.74) is 0. The van der Waals surface area contributed by atoms with Crippen LogP contribution in [0.1, 0.15) is 12.8 Å². The van der Waals surface area contributed by atoms with Crippen molar-refractivity contribution in [2.24, 2.45) is 5.92 Å². The highest BCUT2D eigenvalue weighted by atomic mass is 79.9. The first-order valence-electron chi connectivity index (χ1n) is 5.10. The van der Waals surface area contributed by atoms with Crippen molar-refractivity contribution in [3.8, 4) is 0 Å². The predicted molar refractivity (Wildman–Crippen MR) is 60.1 cm³/mol. The predicted octanol–water partition coefficient (Wildman–Crippen LogP) is 1.99. The summed E-state index contributed by atoms with van der Waals surface area (Å²) in [6.07, 6.45) is 6.51. The second-order valence-corrected chi connectivity index (χ2v) is 5.04. The molecule has 0 aromatic carbocycles. The molecule has 78 valence electrons. The van der Waals surface area contributed by atoms with Gasteiger partial charge in [0.15, 0.2) is 0 Å². The molecule has 1 aromatic heterocycles. The summed E-state index contributed by atoms with van der Waals surface area (Å²) >= 11 is 3.41. The van der Waals surface area contributed by atoms with Crippen LogP contribution in [0.5, 0.6) is 0 Å². The standard InChI is InChI=1S/C10H16BrN3/c1-13-4-2-9(3-5-13)7-14-8-10(11)6-12-14/h6,8-9H,2-5,7H2,1H3. The molecular formula is C10H16BrN3. The van der Waals surface area contributed by atoms with Gasteiger partial charge in [0.05, 0.1) is 10.7 Å². The number of nitrogens with zero attached hydrogens (tertiary/aromatic N) is 3. The summed E-state index contributed by atoms with van der Waals surface area (Å²) in [5, 5.41) is 4.29. The molecule has 0 amide bonds. The minimum Gasteiger partial charge on any atom is -0.306 e. The monoisotopic (exact) mass is 257 g/mol.